The van der Waals surface area contributed by atoms with Gasteiger partial charge in [0.25, 0.3) is 0 Å². The van der Waals surface area contributed by atoms with Crippen molar-refractivity contribution in [3.63, 3.8) is 0 Å². The second-order valence-electron chi connectivity index (χ2n) is 7.19. The third kappa shape index (κ3) is 1.35. The zero-order chi connectivity index (χ0) is 17.7. The van der Waals surface area contributed by atoms with E-state index in [1.54, 1.807) is 6.08 Å². The molecule has 6 nitrogen and oxygen atoms in total. The van der Waals surface area contributed by atoms with Gasteiger partial charge in [-0.3, -0.25) is 0 Å². The summed E-state index contributed by atoms with van der Waals surface area (Å²) in [6.07, 6.45) is 2.66. The molecule has 5 atom stereocenters. The summed E-state index contributed by atoms with van der Waals surface area (Å²) in [5.74, 6) is -0.305. The number of aliphatic hydroxyl groups is 3. The number of aliphatic hydroxyl groups excluding tert-OH is 3. The molecule has 0 aromatic heterocycles. The number of ether oxygens (including phenoxy) is 3. The zero-order valence-corrected chi connectivity index (χ0v) is 13.6. The maximum atomic E-state index is 10.8. The predicted octanol–water partition coefficient (Wildman–Crippen LogP) is 1.04. The molecule has 0 amide bonds. The molecule has 1 fully saturated rings. The molecular weight excluding hydrogens is 336 g/mol. The van der Waals surface area contributed by atoms with Gasteiger partial charge in [0.15, 0.2) is 5.60 Å². The lowest BCUT2D eigenvalue weighted by Gasteiger charge is -2.46. The smallest absolute Gasteiger partial charge is 0.306 e. The first-order valence-corrected chi connectivity index (χ1v) is 8.56. The monoisotopic (exact) mass is 352 g/mol. The van der Waals surface area contributed by atoms with E-state index in [0.29, 0.717) is 11.5 Å². The molecule has 2 aromatic rings. The van der Waals surface area contributed by atoms with E-state index in [4.69, 9.17) is 14.2 Å². The normalized spacial score (nSPS) is 40.5. The van der Waals surface area contributed by atoms with Gasteiger partial charge in [0.05, 0.1) is 5.39 Å². The van der Waals surface area contributed by atoms with Gasteiger partial charge < -0.3 is 29.5 Å². The van der Waals surface area contributed by atoms with Crippen LogP contribution in [0.3, 0.4) is 0 Å². The SMILES string of the molecule is O[C@@H]1C=CC2(Oc3cccc4cccc(c34)O2)[C@@]23O[C@]12[C@@H](O)C=C[C@H]3O. The second kappa shape index (κ2) is 4.29. The number of benzene rings is 2. The number of rotatable bonds is 0. The van der Waals surface area contributed by atoms with Gasteiger partial charge in [-0.2, -0.15) is 0 Å². The first-order chi connectivity index (χ1) is 12.5. The Kier molecular flexibility index (Phi) is 2.44. The van der Waals surface area contributed by atoms with E-state index in [-0.39, 0.29) is 0 Å². The fraction of sp³-hybridized carbons (Fsp3) is 0.300. The largest absolute Gasteiger partial charge is 0.445 e. The van der Waals surface area contributed by atoms with Crippen LogP contribution in [0.4, 0.5) is 0 Å². The van der Waals surface area contributed by atoms with Crippen LogP contribution < -0.4 is 9.47 Å². The van der Waals surface area contributed by atoms with Crippen LogP contribution in [-0.2, 0) is 4.74 Å². The first kappa shape index (κ1) is 14.8. The average Bonchev–Trinajstić information content (AvgIpc) is 3.39. The van der Waals surface area contributed by atoms with Crippen molar-refractivity contribution in [2.24, 2.45) is 0 Å². The molecule has 26 heavy (non-hydrogen) atoms. The van der Waals surface area contributed by atoms with E-state index in [1.165, 1.54) is 18.2 Å². The lowest BCUT2D eigenvalue weighted by molar-refractivity contribution is -0.162. The number of hydrogen-bond donors (Lipinski definition) is 3. The lowest BCUT2D eigenvalue weighted by atomic mass is 9.68. The van der Waals surface area contributed by atoms with Crippen LogP contribution in [-0.4, -0.2) is 50.6 Å². The van der Waals surface area contributed by atoms with Crippen LogP contribution in [0.25, 0.3) is 10.8 Å². The minimum Gasteiger partial charge on any atom is -0.445 e. The second-order valence-corrected chi connectivity index (χ2v) is 7.19. The summed E-state index contributed by atoms with van der Waals surface area (Å²) in [5.41, 5.74) is -2.85. The molecule has 1 spiro atoms. The Morgan fingerprint density at radius 2 is 1.38 bits per heavy atom. The molecular formula is C20H16O6. The van der Waals surface area contributed by atoms with Gasteiger partial charge in [-0.05, 0) is 23.6 Å². The van der Waals surface area contributed by atoms with E-state index in [9.17, 15) is 15.3 Å². The van der Waals surface area contributed by atoms with Crippen molar-refractivity contribution in [3.05, 3.63) is 60.7 Å². The van der Waals surface area contributed by atoms with Gasteiger partial charge in [0, 0.05) is 6.08 Å². The van der Waals surface area contributed by atoms with E-state index < -0.39 is 35.3 Å². The van der Waals surface area contributed by atoms with Gasteiger partial charge in [-0.25, -0.2) is 0 Å². The average molecular weight is 352 g/mol. The van der Waals surface area contributed by atoms with Crippen molar-refractivity contribution in [1.82, 2.24) is 0 Å². The molecule has 0 saturated carbocycles. The van der Waals surface area contributed by atoms with Crippen LogP contribution in [0.1, 0.15) is 0 Å². The summed E-state index contributed by atoms with van der Waals surface area (Å²) < 4.78 is 18.4. The number of epoxide rings is 1. The van der Waals surface area contributed by atoms with Crippen molar-refractivity contribution in [1.29, 1.82) is 0 Å². The molecule has 4 aliphatic rings. The van der Waals surface area contributed by atoms with Crippen LogP contribution in [0, 0.1) is 0 Å². The Hall–Kier alpha value is -2.38. The fourth-order valence-electron chi connectivity index (χ4n) is 4.80. The van der Waals surface area contributed by atoms with Crippen LogP contribution in [0.15, 0.2) is 60.7 Å². The minimum absolute atomic E-state index is 0.598. The quantitative estimate of drug-likeness (QED) is 0.485. The third-order valence-corrected chi connectivity index (χ3v) is 6.01. The maximum Gasteiger partial charge on any atom is 0.306 e. The van der Waals surface area contributed by atoms with Gasteiger partial charge in [0.1, 0.15) is 29.8 Å². The van der Waals surface area contributed by atoms with Gasteiger partial charge in [-0.15, -0.1) is 0 Å². The molecule has 2 aliphatic carbocycles. The Morgan fingerprint density at radius 3 is 2.08 bits per heavy atom. The Bertz CT molecular complexity index is 972. The summed E-state index contributed by atoms with van der Waals surface area (Å²) in [7, 11) is 0. The predicted molar refractivity (Wildman–Crippen MR) is 90.8 cm³/mol. The van der Waals surface area contributed by atoms with Crippen LogP contribution >= 0.6 is 0 Å². The van der Waals surface area contributed by atoms with Crippen molar-refractivity contribution in [3.8, 4) is 11.5 Å². The third-order valence-electron chi connectivity index (χ3n) is 6.01. The minimum atomic E-state index is -1.50. The van der Waals surface area contributed by atoms with Gasteiger partial charge >= 0.3 is 5.79 Å². The highest BCUT2D eigenvalue weighted by atomic mass is 16.8. The topological polar surface area (TPSA) is 91.7 Å². The molecule has 132 valence electrons. The molecule has 3 N–H and O–H groups in total. The summed E-state index contributed by atoms with van der Waals surface area (Å²) >= 11 is 0. The molecule has 6 heteroatoms. The van der Waals surface area contributed by atoms with E-state index >= 15 is 0 Å². The molecule has 2 aliphatic heterocycles. The number of hydrogen-bond acceptors (Lipinski definition) is 6. The molecule has 0 radical (unpaired) electrons. The van der Waals surface area contributed by atoms with E-state index in [1.807, 2.05) is 36.4 Å². The van der Waals surface area contributed by atoms with E-state index in [2.05, 4.69) is 0 Å². The van der Waals surface area contributed by atoms with Crippen LogP contribution in [0.2, 0.25) is 0 Å². The van der Waals surface area contributed by atoms with Gasteiger partial charge in [0.2, 0.25) is 5.60 Å². The van der Waals surface area contributed by atoms with Crippen molar-refractivity contribution < 1.29 is 29.5 Å². The van der Waals surface area contributed by atoms with Crippen molar-refractivity contribution >= 4 is 10.8 Å². The summed E-state index contributed by atoms with van der Waals surface area (Å²) in [4.78, 5) is 0. The van der Waals surface area contributed by atoms with Gasteiger partial charge in [-0.1, -0.05) is 36.4 Å². The molecule has 6 rings (SSSR count). The van der Waals surface area contributed by atoms with Crippen molar-refractivity contribution in [2.45, 2.75) is 35.3 Å². The highest BCUT2D eigenvalue weighted by Gasteiger charge is 2.91. The summed E-state index contributed by atoms with van der Waals surface area (Å²) in [5, 5.41) is 33.6. The molecule has 2 aromatic carbocycles. The Balaban J connectivity index is 1.60. The Morgan fingerprint density at radius 1 is 0.769 bits per heavy atom. The Labute approximate surface area is 148 Å². The molecule has 0 unspecified atom stereocenters. The standard InChI is InChI=1S/C20H16O6/c21-14-7-8-16(23)20-18(10-9-15(22)19(14,20)26-20)24-12-5-1-3-11-4-2-6-13(25-18)17(11)12/h1-10,14-16,21-23H/t14-,15+,16+,19+,20+/m0/s1. The molecule has 0 bridgehead atoms. The zero-order valence-electron chi connectivity index (χ0n) is 13.6. The molecule has 1 saturated heterocycles. The lowest BCUT2D eigenvalue weighted by Crippen LogP contribution is -2.69. The maximum absolute atomic E-state index is 10.8. The first-order valence-electron chi connectivity index (χ1n) is 8.56. The summed E-state index contributed by atoms with van der Waals surface area (Å²) in [6, 6.07) is 11.4. The van der Waals surface area contributed by atoms with Crippen LogP contribution in [0.5, 0.6) is 11.5 Å². The van der Waals surface area contributed by atoms with E-state index in [0.717, 1.165) is 10.8 Å². The van der Waals surface area contributed by atoms with Crippen molar-refractivity contribution in [2.75, 3.05) is 0 Å². The molecule has 2 heterocycles. The summed E-state index contributed by atoms with van der Waals surface area (Å²) in [6.45, 7) is 0. The fourth-order valence-corrected chi connectivity index (χ4v) is 4.80. The highest BCUT2D eigenvalue weighted by molar-refractivity contribution is 5.94. The highest BCUT2D eigenvalue weighted by Crippen LogP contribution is 2.67.